The molecule has 0 saturated heterocycles. The lowest BCUT2D eigenvalue weighted by Crippen LogP contribution is -2.40. The predicted molar refractivity (Wildman–Crippen MR) is 190 cm³/mol. The van der Waals surface area contributed by atoms with Crippen LogP contribution in [-0.4, -0.2) is 37.5 Å². The molecule has 0 N–H and O–H groups in total. The molecule has 10 heteroatoms. The van der Waals surface area contributed by atoms with Crippen molar-refractivity contribution in [1.82, 2.24) is 4.57 Å². The van der Waals surface area contributed by atoms with Crippen molar-refractivity contribution < 1.29 is 28.5 Å². The number of aromatic nitrogens is 1. The molecule has 0 aliphatic carbocycles. The third-order valence-corrected chi connectivity index (χ3v) is 9.14. The summed E-state index contributed by atoms with van der Waals surface area (Å²) in [6.07, 6.45) is 1.80. The van der Waals surface area contributed by atoms with Gasteiger partial charge in [-0.15, -0.1) is 0 Å². The molecule has 0 radical (unpaired) electrons. The zero-order valence-corrected chi connectivity index (χ0v) is 29.0. The number of hydrogen-bond donors (Lipinski definition) is 0. The van der Waals surface area contributed by atoms with E-state index >= 15 is 0 Å². The fourth-order valence-corrected chi connectivity index (χ4v) is 7.07. The Morgan fingerprint density at radius 2 is 1.65 bits per heavy atom. The van der Waals surface area contributed by atoms with E-state index in [1.807, 2.05) is 62.4 Å². The van der Waals surface area contributed by atoms with E-state index in [4.69, 9.17) is 28.7 Å². The molecule has 6 rings (SSSR count). The van der Waals surface area contributed by atoms with E-state index in [0.29, 0.717) is 63.4 Å². The van der Waals surface area contributed by atoms with Crippen LogP contribution >= 0.6 is 11.3 Å². The Hall–Kier alpha value is -5.35. The first-order valence-electron chi connectivity index (χ1n) is 16.2. The molecule has 0 saturated carbocycles. The molecule has 1 atom stereocenters. The SMILES string of the molecule is CCOC(=O)C1=C(C)N=c2s/c(=C/c3ccc(OCc4cccc5ccccc45)c(OCC)c3)c(=O)n2[C@H]1c1cccc(OC)c1OCC. The summed E-state index contributed by atoms with van der Waals surface area (Å²) >= 11 is 1.25. The lowest BCUT2D eigenvalue weighted by molar-refractivity contribution is -0.139. The van der Waals surface area contributed by atoms with Crippen molar-refractivity contribution >= 4 is 34.2 Å². The summed E-state index contributed by atoms with van der Waals surface area (Å²) in [5.41, 5.74) is 2.84. The number of nitrogens with zero attached hydrogens (tertiary/aromatic N) is 2. The lowest BCUT2D eigenvalue weighted by Gasteiger charge is -2.26. The molecule has 49 heavy (non-hydrogen) atoms. The predicted octanol–water partition coefficient (Wildman–Crippen LogP) is 6.34. The van der Waals surface area contributed by atoms with E-state index in [1.54, 1.807) is 33.1 Å². The second-order valence-electron chi connectivity index (χ2n) is 11.2. The molecule has 0 unspecified atom stereocenters. The van der Waals surface area contributed by atoms with Gasteiger partial charge in [0.15, 0.2) is 27.8 Å². The number of hydrogen-bond acceptors (Lipinski definition) is 9. The van der Waals surface area contributed by atoms with Crippen molar-refractivity contribution in [3.8, 4) is 23.0 Å². The summed E-state index contributed by atoms with van der Waals surface area (Å²) in [7, 11) is 1.55. The van der Waals surface area contributed by atoms with Gasteiger partial charge in [-0.1, -0.05) is 72.0 Å². The number of benzene rings is 4. The van der Waals surface area contributed by atoms with Gasteiger partial charge in [0.25, 0.3) is 5.56 Å². The average molecular weight is 679 g/mol. The Morgan fingerprint density at radius 3 is 2.43 bits per heavy atom. The van der Waals surface area contributed by atoms with Crippen molar-refractivity contribution in [3.05, 3.63) is 127 Å². The summed E-state index contributed by atoms with van der Waals surface area (Å²) in [6.45, 7) is 8.62. The summed E-state index contributed by atoms with van der Waals surface area (Å²) < 4.78 is 31.3. The molecular formula is C39H38N2O7S. The standard InChI is InChI=1S/C39H38N2O7S/c1-6-45-32-21-25(19-20-30(32)48-23-27-15-11-14-26-13-9-10-16-28(26)27)22-33-37(42)41-35(29-17-12-18-31(44-5)36(29)46-7-2)34(38(43)47-8-3)24(4)40-39(41)49-33/h9-22,35H,6-8,23H2,1-5H3/b33-22+/t35-/m0/s1. The van der Waals surface area contributed by atoms with Gasteiger partial charge >= 0.3 is 5.97 Å². The first-order valence-corrected chi connectivity index (χ1v) is 17.1. The van der Waals surface area contributed by atoms with Crippen LogP contribution in [0.5, 0.6) is 23.0 Å². The van der Waals surface area contributed by atoms with Crippen LogP contribution in [-0.2, 0) is 16.1 Å². The van der Waals surface area contributed by atoms with Crippen LogP contribution in [0.2, 0.25) is 0 Å². The van der Waals surface area contributed by atoms with Crippen LogP contribution in [0.25, 0.3) is 16.8 Å². The molecule has 0 spiro atoms. The fraction of sp³-hybridized carbons (Fsp3) is 0.256. The molecule has 4 aromatic carbocycles. The van der Waals surface area contributed by atoms with Gasteiger partial charge in [-0.3, -0.25) is 9.36 Å². The number of ether oxygens (including phenoxy) is 5. The Balaban J connectivity index is 1.42. The fourth-order valence-electron chi connectivity index (χ4n) is 6.02. The number of methoxy groups -OCH3 is 1. The van der Waals surface area contributed by atoms with Crippen molar-refractivity contribution in [3.63, 3.8) is 0 Å². The normalized spacial score (nSPS) is 14.3. The van der Waals surface area contributed by atoms with E-state index in [1.165, 1.54) is 15.9 Å². The third kappa shape index (κ3) is 6.69. The van der Waals surface area contributed by atoms with E-state index < -0.39 is 12.0 Å². The van der Waals surface area contributed by atoms with Gasteiger partial charge in [0, 0.05) is 5.56 Å². The van der Waals surface area contributed by atoms with Crippen molar-refractivity contribution in [2.24, 2.45) is 4.99 Å². The molecule has 5 aromatic rings. The van der Waals surface area contributed by atoms with Gasteiger partial charge in [0.2, 0.25) is 0 Å². The Bertz CT molecular complexity index is 2230. The Labute approximate surface area is 288 Å². The summed E-state index contributed by atoms with van der Waals surface area (Å²) in [4.78, 5) is 32.9. The maximum Gasteiger partial charge on any atom is 0.338 e. The van der Waals surface area contributed by atoms with Crippen LogP contribution in [0.15, 0.2) is 99.9 Å². The summed E-state index contributed by atoms with van der Waals surface area (Å²) in [6, 6.07) is 24.6. The highest BCUT2D eigenvalue weighted by molar-refractivity contribution is 7.07. The number of fused-ring (bicyclic) bond motifs is 2. The smallest absolute Gasteiger partial charge is 0.338 e. The monoisotopic (exact) mass is 678 g/mol. The highest BCUT2D eigenvalue weighted by Crippen LogP contribution is 2.41. The summed E-state index contributed by atoms with van der Waals surface area (Å²) in [5, 5.41) is 2.29. The van der Waals surface area contributed by atoms with E-state index in [0.717, 1.165) is 21.9 Å². The minimum absolute atomic E-state index is 0.174. The molecule has 1 aliphatic heterocycles. The molecule has 1 aromatic heterocycles. The molecule has 2 heterocycles. The number of allylic oxidation sites excluding steroid dienone is 1. The Morgan fingerprint density at radius 1 is 0.878 bits per heavy atom. The van der Waals surface area contributed by atoms with E-state index in [-0.39, 0.29) is 17.7 Å². The van der Waals surface area contributed by atoms with Crippen LogP contribution in [0, 0.1) is 0 Å². The minimum Gasteiger partial charge on any atom is -0.493 e. The highest BCUT2D eigenvalue weighted by Gasteiger charge is 2.36. The molecule has 0 fully saturated rings. The van der Waals surface area contributed by atoms with Gasteiger partial charge in [0.05, 0.1) is 42.7 Å². The van der Waals surface area contributed by atoms with Gasteiger partial charge in [0.1, 0.15) is 12.6 Å². The van der Waals surface area contributed by atoms with Crippen LogP contribution in [0.3, 0.4) is 0 Å². The lowest BCUT2D eigenvalue weighted by atomic mass is 9.94. The molecule has 0 amide bonds. The quantitative estimate of drug-likeness (QED) is 0.142. The second kappa shape index (κ2) is 14.8. The second-order valence-corrected chi connectivity index (χ2v) is 12.2. The van der Waals surface area contributed by atoms with Gasteiger partial charge < -0.3 is 23.7 Å². The van der Waals surface area contributed by atoms with Crippen molar-refractivity contribution in [1.29, 1.82) is 0 Å². The minimum atomic E-state index is -0.849. The number of carbonyl (C=O) groups excluding carboxylic acids is 1. The number of thiazole rings is 1. The highest BCUT2D eigenvalue weighted by atomic mass is 32.1. The van der Waals surface area contributed by atoms with Crippen LogP contribution in [0.1, 0.15) is 50.4 Å². The van der Waals surface area contributed by atoms with Crippen LogP contribution < -0.4 is 33.8 Å². The van der Waals surface area contributed by atoms with Crippen molar-refractivity contribution in [2.75, 3.05) is 26.9 Å². The molecule has 252 valence electrons. The van der Waals surface area contributed by atoms with Gasteiger partial charge in [-0.25, -0.2) is 9.79 Å². The first-order chi connectivity index (χ1) is 23.9. The zero-order chi connectivity index (χ0) is 34.5. The Kier molecular flexibility index (Phi) is 10.1. The number of esters is 1. The zero-order valence-electron chi connectivity index (χ0n) is 28.1. The maximum absolute atomic E-state index is 14.3. The van der Waals surface area contributed by atoms with Gasteiger partial charge in [-0.05, 0) is 73.9 Å². The third-order valence-electron chi connectivity index (χ3n) is 8.16. The molecule has 0 bridgehead atoms. The maximum atomic E-state index is 14.3. The molecule has 9 nitrogen and oxygen atoms in total. The average Bonchev–Trinajstić information content (AvgIpc) is 3.41. The van der Waals surface area contributed by atoms with E-state index in [9.17, 15) is 9.59 Å². The first kappa shape index (κ1) is 33.5. The van der Waals surface area contributed by atoms with E-state index in [2.05, 4.69) is 24.3 Å². The topological polar surface area (TPSA) is 97.6 Å². The number of para-hydroxylation sites is 1. The molecule has 1 aliphatic rings. The van der Waals surface area contributed by atoms with Crippen molar-refractivity contribution in [2.45, 2.75) is 40.3 Å². The molecular weight excluding hydrogens is 641 g/mol. The van der Waals surface area contributed by atoms with Crippen LogP contribution in [0.4, 0.5) is 0 Å². The largest absolute Gasteiger partial charge is 0.493 e. The van der Waals surface area contributed by atoms with Gasteiger partial charge in [-0.2, -0.15) is 0 Å². The number of carbonyl (C=O) groups is 1. The number of rotatable bonds is 12. The summed E-state index contributed by atoms with van der Waals surface area (Å²) in [5.74, 6) is 1.56.